The lowest BCUT2D eigenvalue weighted by molar-refractivity contribution is 0.300. The van der Waals surface area contributed by atoms with Crippen molar-refractivity contribution in [3.8, 4) is 0 Å². The van der Waals surface area contributed by atoms with E-state index in [-0.39, 0.29) is 5.84 Å². The molecule has 1 saturated heterocycles. The van der Waals surface area contributed by atoms with Crippen LogP contribution in [0.25, 0.3) is 0 Å². The van der Waals surface area contributed by atoms with Crippen molar-refractivity contribution in [3.63, 3.8) is 0 Å². The predicted octanol–water partition coefficient (Wildman–Crippen LogP) is 1.27. The van der Waals surface area contributed by atoms with Crippen molar-refractivity contribution in [1.82, 2.24) is 10.2 Å². The number of likely N-dealkylation sites (tertiary alicyclic amines) is 1. The molecular formula is C15H24N4O. The van der Waals surface area contributed by atoms with Gasteiger partial charge in [0.1, 0.15) is 0 Å². The summed E-state index contributed by atoms with van der Waals surface area (Å²) in [5.41, 5.74) is 8.75. The van der Waals surface area contributed by atoms with E-state index < -0.39 is 0 Å². The smallest absolute Gasteiger partial charge is 0.170 e. The molecule has 1 aliphatic rings. The highest BCUT2D eigenvalue weighted by Crippen LogP contribution is 2.14. The average molecular weight is 276 g/mol. The van der Waals surface area contributed by atoms with Crippen LogP contribution in [0.3, 0.4) is 0 Å². The number of nitrogens with zero attached hydrogens (tertiary/aromatic N) is 2. The zero-order chi connectivity index (χ0) is 14.5. The fourth-order valence-electron chi connectivity index (χ4n) is 2.72. The van der Waals surface area contributed by atoms with Gasteiger partial charge in [-0.3, -0.25) is 0 Å². The molecule has 0 spiro atoms. The minimum atomic E-state index is 0.153. The summed E-state index contributed by atoms with van der Waals surface area (Å²) < 4.78 is 0. The molecule has 5 nitrogen and oxygen atoms in total. The van der Waals surface area contributed by atoms with Gasteiger partial charge in [0, 0.05) is 24.7 Å². The predicted molar refractivity (Wildman–Crippen MR) is 81.0 cm³/mol. The van der Waals surface area contributed by atoms with E-state index in [4.69, 9.17) is 10.9 Å². The van der Waals surface area contributed by atoms with Gasteiger partial charge in [-0.2, -0.15) is 0 Å². The van der Waals surface area contributed by atoms with E-state index >= 15 is 0 Å². The molecule has 1 fully saturated rings. The first kappa shape index (κ1) is 14.8. The van der Waals surface area contributed by atoms with Crippen molar-refractivity contribution in [2.75, 3.05) is 20.1 Å². The van der Waals surface area contributed by atoms with Crippen LogP contribution in [0.5, 0.6) is 0 Å². The van der Waals surface area contributed by atoms with Crippen molar-refractivity contribution in [3.05, 3.63) is 34.9 Å². The highest BCUT2D eigenvalue weighted by atomic mass is 16.4. The molecule has 1 unspecified atom stereocenters. The molecule has 1 aromatic carbocycles. The largest absolute Gasteiger partial charge is 0.409 e. The molecule has 110 valence electrons. The molecule has 20 heavy (non-hydrogen) atoms. The van der Waals surface area contributed by atoms with Gasteiger partial charge in [-0.25, -0.2) is 0 Å². The summed E-state index contributed by atoms with van der Waals surface area (Å²) in [5, 5.41) is 15.2. The first-order valence-electron chi connectivity index (χ1n) is 7.10. The highest BCUT2D eigenvalue weighted by Gasteiger charge is 2.19. The van der Waals surface area contributed by atoms with E-state index in [0.717, 1.165) is 24.2 Å². The number of nitrogens with two attached hydrogens (primary N) is 1. The van der Waals surface area contributed by atoms with Crippen LogP contribution >= 0.6 is 0 Å². The quantitative estimate of drug-likeness (QED) is 0.328. The van der Waals surface area contributed by atoms with E-state index in [0.29, 0.717) is 6.04 Å². The van der Waals surface area contributed by atoms with Gasteiger partial charge in [0.15, 0.2) is 5.84 Å². The van der Waals surface area contributed by atoms with Gasteiger partial charge in [0.2, 0.25) is 0 Å². The van der Waals surface area contributed by atoms with Gasteiger partial charge >= 0.3 is 0 Å². The summed E-state index contributed by atoms with van der Waals surface area (Å²) in [7, 11) is 2.19. The Morgan fingerprint density at radius 3 is 2.95 bits per heavy atom. The second-order valence-electron chi connectivity index (χ2n) is 5.53. The Balaban J connectivity index is 1.90. The minimum Gasteiger partial charge on any atom is -0.409 e. The Morgan fingerprint density at radius 1 is 1.55 bits per heavy atom. The van der Waals surface area contributed by atoms with Crippen LogP contribution in [0.15, 0.2) is 23.4 Å². The molecule has 0 radical (unpaired) electrons. The third-order valence-corrected chi connectivity index (χ3v) is 4.11. The van der Waals surface area contributed by atoms with Crippen LogP contribution in [-0.2, 0) is 6.54 Å². The van der Waals surface area contributed by atoms with Gasteiger partial charge < -0.3 is 21.2 Å². The molecular weight excluding hydrogens is 252 g/mol. The summed E-state index contributed by atoms with van der Waals surface area (Å²) >= 11 is 0. The van der Waals surface area contributed by atoms with E-state index in [9.17, 15) is 0 Å². The van der Waals surface area contributed by atoms with E-state index in [2.05, 4.69) is 22.4 Å². The van der Waals surface area contributed by atoms with Gasteiger partial charge in [-0.05, 0) is 50.6 Å². The number of rotatable bonds is 5. The Morgan fingerprint density at radius 2 is 2.35 bits per heavy atom. The molecule has 0 bridgehead atoms. The summed E-state index contributed by atoms with van der Waals surface area (Å²) in [6, 6.07) is 6.54. The van der Waals surface area contributed by atoms with Crippen molar-refractivity contribution < 1.29 is 5.21 Å². The summed E-state index contributed by atoms with van der Waals surface area (Å²) in [4.78, 5) is 2.42. The van der Waals surface area contributed by atoms with Crippen molar-refractivity contribution in [2.45, 2.75) is 32.4 Å². The molecule has 1 heterocycles. The number of oxime groups is 1. The van der Waals surface area contributed by atoms with Crippen LogP contribution in [0.1, 0.15) is 29.5 Å². The molecule has 0 aromatic heterocycles. The number of benzene rings is 1. The summed E-state index contributed by atoms with van der Waals surface area (Å²) in [6.45, 7) is 5.14. The van der Waals surface area contributed by atoms with Crippen LogP contribution in [0, 0.1) is 6.92 Å². The van der Waals surface area contributed by atoms with Crippen molar-refractivity contribution >= 4 is 5.84 Å². The van der Waals surface area contributed by atoms with Crippen LogP contribution < -0.4 is 11.1 Å². The number of aryl methyl sites for hydroxylation is 1. The molecule has 4 N–H and O–H groups in total. The van der Waals surface area contributed by atoms with Crippen LogP contribution in [0.4, 0.5) is 0 Å². The average Bonchev–Trinajstić information content (AvgIpc) is 2.85. The standard InChI is InChI=1S/C15H24N4O/c1-11-8-12(15(16)18-20)5-6-13(11)9-17-10-14-4-3-7-19(14)2/h5-6,8,14,17,20H,3-4,7,9-10H2,1-2H3,(H2,16,18). The van der Waals surface area contributed by atoms with E-state index in [1.807, 2.05) is 25.1 Å². The molecule has 0 aliphatic carbocycles. The zero-order valence-corrected chi connectivity index (χ0v) is 12.3. The topological polar surface area (TPSA) is 73.9 Å². The Kier molecular flexibility index (Phi) is 4.98. The first-order chi connectivity index (χ1) is 9.61. The molecule has 0 amide bonds. The monoisotopic (exact) mass is 276 g/mol. The van der Waals surface area contributed by atoms with Crippen LogP contribution in [-0.4, -0.2) is 42.1 Å². The van der Waals surface area contributed by atoms with Crippen molar-refractivity contribution in [2.24, 2.45) is 10.9 Å². The van der Waals surface area contributed by atoms with Gasteiger partial charge in [-0.1, -0.05) is 17.3 Å². The lowest BCUT2D eigenvalue weighted by atomic mass is 10.0. The van der Waals surface area contributed by atoms with Crippen LogP contribution in [0.2, 0.25) is 0 Å². The first-order valence-corrected chi connectivity index (χ1v) is 7.10. The van der Waals surface area contributed by atoms with Gasteiger partial charge in [-0.15, -0.1) is 0 Å². The Hall–Kier alpha value is -1.59. The van der Waals surface area contributed by atoms with Gasteiger partial charge in [0.25, 0.3) is 0 Å². The molecule has 0 saturated carbocycles. The maximum Gasteiger partial charge on any atom is 0.170 e. The second kappa shape index (κ2) is 6.72. The molecule has 2 rings (SSSR count). The van der Waals surface area contributed by atoms with Crippen molar-refractivity contribution in [1.29, 1.82) is 0 Å². The Labute approximate surface area is 120 Å². The lowest BCUT2D eigenvalue weighted by Crippen LogP contribution is -2.35. The number of likely N-dealkylation sites (N-methyl/N-ethyl adjacent to an activating group) is 1. The number of hydrogen-bond acceptors (Lipinski definition) is 4. The van der Waals surface area contributed by atoms with E-state index in [1.165, 1.54) is 24.9 Å². The number of nitrogens with one attached hydrogen (secondary N) is 1. The Bertz CT molecular complexity index is 487. The number of hydrogen-bond donors (Lipinski definition) is 3. The summed E-state index contributed by atoms with van der Waals surface area (Å²) in [5.74, 6) is 0.153. The summed E-state index contributed by atoms with van der Waals surface area (Å²) in [6.07, 6.45) is 2.58. The normalized spacial score (nSPS) is 20.5. The second-order valence-corrected chi connectivity index (χ2v) is 5.53. The van der Waals surface area contributed by atoms with E-state index in [1.54, 1.807) is 0 Å². The fraction of sp³-hybridized carbons (Fsp3) is 0.533. The SMILES string of the molecule is Cc1cc(/C(N)=N/O)ccc1CNCC1CCCN1C. The molecule has 1 aromatic rings. The lowest BCUT2D eigenvalue weighted by Gasteiger charge is -2.20. The maximum absolute atomic E-state index is 8.68. The highest BCUT2D eigenvalue weighted by molar-refractivity contribution is 5.97. The zero-order valence-electron chi connectivity index (χ0n) is 12.3. The molecule has 5 heteroatoms. The molecule has 1 aliphatic heterocycles. The number of amidine groups is 1. The third kappa shape index (κ3) is 3.49. The minimum absolute atomic E-state index is 0.153. The van der Waals surface area contributed by atoms with Gasteiger partial charge in [0.05, 0.1) is 0 Å². The third-order valence-electron chi connectivity index (χ3n) is 4.11. The molecule has 1 atom stereocenters. The fourth-order valence-corrected chi connectivity index (χ4v) is 2.72. The maximum atomic E-state index is 8.68.